The lowest BCUT2D eigenvalue weighted by Gasteiger charge is -2.26. The van der Waals surface area contributed by atoms with Gasteiger partial charge in [-0.2, -0.15) is 0 Å². The van der Waals surface area contributed by atoms with Gasteiger partial charge in [-0.25, -0.2) is 0 Å². The van der Waals surface area contributed by atoms with Crippen LogP contribution in [0.3, 0.4) is 0 Å². The molecule has 5 nitrogen and oxygen atoms in total. The van der Waals surface area contributed by atoms with Crippen molar-refractivity contribution in [3.8, 4) is 11.5 Å². The van der Waals surface area contributed by atoms with Crippen molar-refractivity contribution in [3.63, 3.8) is 0 Å². The van der Waals surface area contributed by atoms with Crippen LogP contribution in [0.5, 0.6) is 11.5 Å². The smallest absolute Gasteiger partial charge is 0.254 e. The zero-order valence-electron chi connectivity index (χ0n) is 16.8. The van der Waals surface area contributed by atoms with E-state index in [2.05, 4.69) is 24.5 Å². The molecular weight excluding hydrogens is 340 g/mol. The Kier molecular flexibility index (Phi) is 6.09. The Hall–Kier alpha value is -2.43. The predicted octanol–water partition coefficient (Wildman–Crippen LogP) is 4.44. The van der Waals surface area contributed by atoms with Gasteiger partial charge in [-0.1, -0.05) is 13.8 Å². The number of rotatable bonds is 7. The molecule has 0 saturated carbocycles. The zero-order chi connectivity index (χ0) is 19.4. The molecule has 1 aromatic carbocycles. The number of likely N-dealkylation sites (tertiary alicyclic amines) is 1. The van der Waals surface area contributed by atoms with Crippen LogP contribution < -0.4 is 9.47 Å². The summed E-state index contributed by atoms with van der Waals surface area (Å²) in [7, 11) is 3.64. The summed E-state index contributed by atoms with van der Waals surface area (Å²) in [6, 6.07) is 9.75. The lowest BCUT2D eigenvalue weighted by molar-refractivity contribution is 0.0731. The molecule has 0 spiro atoms. The molecule has 1 aliphatic heterocycles. The molecule has 1 atom stereocenters. The molecular formula is C22H30N2O3. The van der Waals surface area contributed by atoms with Crippen LogP contribution in [0.25, 0.3) is 0 Å². The largest absolute Gasteiger partial charge is 0.493 e. The highest BCUT2D eigenvalue weighted by atomic mass is 16.5. The second-order valence-corrected chi connectivity index (χ2v) is 7.60. The fraction of sp³-hybridized carbons (Fsp3) is 0.500. The van der Waals surface area contributed by atoms with Gasteiger partial charge in [-0.15, -0.1) is 0 Å². The van der Waals surface area contributed by atoms with Gasteiger partial charge in [0.25, 0.3) is 5.91 Å². The molecule has 2 heterocycles. The van der Waals surface area contributed by atoms with E-state index in [1.54, 1.807) is 13.2 Å². The normalized spacial score (nSPS) is 16.8. The van der Waals surface area contributed by atoms with Crippen LogP contribution in [0.1, 0.15) is 55.2 Å². The number of amides is 1. The molecule has 0 N–H and O–H groups in total. The maximum absolute atomic E-state index is 13.2. The maximum Gasteiger partial charge on any atom is 0.254 e. The number of carbonyl (C=O) groups excluding carboxylic acids is 1. The second-order valence-electron chi connectivity index (χ2n) is 7.60. The van der Waals surface area contributed by atoms with Crippen LogP contribution in [-0.4, -0.2) is 35.6 Å². The zero-order valence-corrected chi connectivity index (χ0v) is 16.8. The Morgan fingerprint density at radius 2 is 2.07 bits per heavy atom. The number of aromatic nitrogens is 1. The molecule has 5 heteroatoms. The van der Waals surface area contributed by atoms with Crippen molar-refractivity contribution in [2.24, 2.45) is 13.0 Å². The monoisotopic (exact) mass is 370 g/mol. The average molecular weight is 370 g/mol. The van der Waals surface area contributed by atoms with Crippen LogP contribution >= 0.6 is 0 Å². The number of hydrogen-bond acceptors (Lipinski definition) is 3. The number of ether oxygens (including phenoxy) is 2. The van der Waals surface area contributed by atoms with E-state index < -0.39 is 0 Å². The fourth-order valence-electron chi connectivity index (χ4n) is 3.63. The minimum absolute atomic E-state index is 0.0470. The van der Waals surface area contributed by atoms with E-state index in [1.165, 1.54) is 5.69 Å². The molecule has 27 heavy (non-hydrogen) atoms. The van der Waals surface area contributed by atoms with Crippen molar-refractivity contribution in [2.75, 3.05) is 20.3 Å². The van der Waals surface area contributed by atoms with Crippen LogP contribution in [-0.2, 0) is 7.05 Å². The molecule has 1 unspecified atom stereocenters. The van der Waals surface area contributed by atoms with Gasteiger partial charge in [-0.3, -0.25) is 4.79 Å². The van der Waals surface area contributed by atoms with E-state index in [0.717, 1.165) is 25.8 Å². The van der Waals surface area contributed by atoms with Crippen LogP contribution in [0.4, 0.5) is 0 Å². The summed E-state index contributed by atoms with van der Waals surface area (Å²) in [6.45, 7) is 5.76. The summed E-state index contributed by atoms with van der Waals surface area (Å²) in [6.07, 6.45) is 5.03. The van der Waals surface area contributed by atoms with Crippen LogP contribution in [0.2, 0.25) is 0 Å². The number of aryl methyl sites for hydroxylation is 1. The molecule has 1 aromatic heterocycles. The van der Waals surface area contributed by atoms with Crippen molar-refractivity contribution >= 4 is 5.91 Å². The Balaban J connectivity index is 1.77. The molecule has 2 aromatic rings. The van der Waals surface area contributed by atoms with Crippen molar-refractivity contribution in [3.05, 3.63) is 47.8 Å². The number of nitrogens with zero attached hydrogens (tertiary/aromatic N) is 2. The molecule has 0 aliphatic carbocycles. The lowest BCUT2D eigenvalue weighted by Crippen LogP contribution is -2.31. The molecule has 1 fully saturated rings. The van der Waals surface area contributed by atoms with Crippen LogP contribution in [0, 0.1) is 5.92 Å². The summed E-state index contributed by atoms with van der Waals surface area (Å²) in [5, 5.41) is 0. The minimum atomic E-state index is 0.0470. The summed E-state index contributed by atoms with van der Waals surface area (Å²) in [5.41, 5.74) is 1.82. The highest BCUT2D eigenvalue weighted by Crippen LogP contribution is 2.35. The number of hydrogen-bond donors (Lipinski definition) is 0. The van der Waals surface area contributed by atoms with E-state index in [4.69, 9.17) is 9.47 Å². The topological polar surface area (TPSA) is 43.7 Å². The van der Waals surface area contributed by atoms with Gasteiger partial charge < -0.3 is 18.9 Å². The third-order valence-electron chi connectivity index (χ3n) is 5.20. The van der Waals surface area contributed by atoms with Gasteiger partial charge in [0, 0.05) is 31.0 Å². The predicted molar refractivity (Wildman–Crippen MR) is 106 cm³/mol. The number of benzene rings is 1. The van der Waals surface area contributed by atoms with Gasteiger partial charge in [0.15, 0.2) is 11.5 Å². The molecule has 3 rings (SSSR count). The van der Waals surface area contributed by atoms with Gasteiger partial charge in [0.05, 0.1) is 19.8 Å². The quantitative estimate of drug-likeness (QED) is 0.724. The third-order valence-corrected chi connectivity index (χ3v) is 5.20. The molecule has 0 bridgehead atoms. The summed E-state index contributed by atoms with van der Waals surface area (Å²) in [4.78, 5) is 15.1. The Bertz CT molecular complexity index is 782. The summed E-state index contributed by atoms with van der Waals surface area (Å²) in [5.74, 6) is 1.93. The van der Waals surface area contributed by atoms with Gasteiger partial charge in [0.1, 0.15) is 0 Å². The summed E-state index contributed by atoms with van der Waals surface area (Å²) >= 11 is 0. The van der Waals surface area contributed by atoms with E-state index in [9.17, 15) is 4.79 Å². The van der Waals surface area contributed by atoms with Crippen LogP contribution in [0.15, 0.2) is 36.5 Å². The highest BCUT2D eigenvalue weighted by Gasteiger charge is 2.32. The lowest BCUT2D eigenvalue weighted by atomic mass is 10.1. The Morgan fingerprint density at radius 1 is 1.26 bits per heavy atom. The van der Waals surface area contributed by atoms with E-state index >= 15 is 0 Å². The van der Waals surface area contributed by atoms with Gasteiger partial charge in [0.2, 0.25) is 0 Å². The number of carbonyl (C=O) groups is 1. The van der Waals surface area contributed by atoms with Gasteiger partial charge >= 0.3 is 0 Å². The molecule has 1 amide bonds. The molecule has 146 valence electrons. The molecule has 1 aliphatic rings. The first-order chi connectivity index (χ1) is 13.0. The van der Waals surface area contributed by atoms with Gasteiger partial charge in [-0.05, 0) is 55.5 Å². The van der Waals surface area contributed by atoms with Crippen molar-refractivity contribution in [2.45, 2.75) is 39.2 Å². The van der Waals surface area contributed by atoms with Crippen molar-refractivity contribution in [1.29, 1.82) is 0 Å². The van der Waals surface area contributed by atoms with Crippen molar-refractivity contribution < 1.29 is 14.3 Å². The van der Waals surface area contributed by atoms with Crippen molar-refractivity contribution in [1.82, 2.24) is 9.47 Å². The Morgan fingerprint density at radius 3 is 2.74 bits per heavy atom. The number of methoxy groups -OCH3 is 1. The fourth-order valence-corrected chi connectivity index (χ4v) is 3.63. The minimum Gasteiger partial charge on any atom is -0.493 e. The molecule has 1 saturated heterocycles. The van der Waals surface area contributed by atoms with E-state index in [0.29, 0.717) is 29.6 Å². The first-order valence-corrected chi connectivity index (χ1v) is 9.74. The third kappa shape index (κ3) is 4.29. The average Bonchev–Trinajstić information content (AvgIpc) is 3.29. The van der Waals surface area contributed by atoms with E-state index in [-0.39, 0.29) is 11.9 Å². The SMILES string of the molecule is COc1cc(C(=O)N2CCCC2c2cccn2C)ccc1OCCC(C)C. The molecule has 0 radical (unpaired) electrons. The summed E-state index contributed by atoms with van der Waals surface area (Å²) < 4.78 is 13.4. The first-order valence-electron chi connectivity index (χ1n) is 9.74. The first kappa shape index (κ1) is 19.3. The standard InChI is InChI=1S/C22H30N2O3/c1-16(2)11-14-27-20-10-9-17(15-21(20)26-4)22(25)24-13-6-8-19(24)18-7-5-12-23(18)3/h5,7,9-10,12,15-16,19H,6,8,11,13-14H2,1-4H3. The maximum atomic E-state index is 13.2. The van der Waals surface area contributed by atoms with E-state index in [1.807, 2.05) is 36.3 Å². The highest BCUT2D eigenvalue weighted by molar-refractivity contribution is 5.95. The second kappa shape index (κ2) is 8.51. The Labute approximate surface area is 161 Å².